The highest BCUT2D eigenvalue weighted by Crippen LogP contribution is 2.40. The molecular weight excluding hydrogens is 496 g/mol. The first-order valence-electron chi connectivity index (χ1n) is 9.97. The van der Waals surface area contributed by atoms with Gasteiger partial charge in [0.2, 0.25) is 0 Å². The van der Waals surface area contributed by atoms with E-state index < -0.39 is 29.6 Å². The van der Waals surface area contributed by atoms with Crippen molar-refractivity contribution in [3.8, 4) is 0 Å². The second-order valence-electron chi connectivity index (χ2n) is 7.73. The highest BCUT2D eigenvalue weighted by atomic mass is 79.9. The fourth-order valence-electron chi connectivity index (χ4n) is 4.37. The van der Waals surface area contributed by atoms with E-state index in [9.17, 15) is 27.2 Å². The number of hydrogen-bond donors (Lipinski definition) is 0. The largest absolute Gasteiger partial charge is 0.418 e. The number of hydrogen-bond acceptors (Lipinski definition) is 4. The predicted octanol–water partition coefficient (Wildman–Crippen LogP) is 4.72. The van der Waals surface area contributed by atoms with E-state index in [1.54, 1.807) is 17.0 Å². The van der Waals surface area contributed by atoms with Crippen molar-refractivity contribution in [1.82, 2.24) is 9.88 Å². The van der Waals surface area contributed by atoms with E-state index in [1.807, 2.05) is 11.8 Å². The third kappa shape index (κ3) is 3.94. The molecule has 2 saturated heterocycles. The Morgan fingerprint density at radius 3 is 2.50 bits per heavy atom. The normalized spacial score (nSPS) is 21.2. The molecule has 1 aromatic carbocycles. The van der Waals surface area contributed by atoms with E-state index in [-0.39, 0.29) is 30.5 Å². The van der Waals surface area contributed by atoms with E-state index in [1.165, 1.54) is 0 Å². The van der Waals surface area contributed by atoms with Gasteiger partial charge in [0, 0.05) is 25.7 Å². The van der Waals surface area contributed by atoms with E-state index in [4.69, 9.17) is 0 Å². The maximum Gasteiger partial charge on any atom is 0.418 e. The molecule has 2 aromatic rings. The smallest absolute Gasteiger partial charge is 0.363 e. The zero-order valence-electron chi connectivity index (χ0n) is 16.9. The third-order valence-corrected chi connectivity index (χ3v) is 6.32. The van der Waals surface area contributed by atoms with Gasteiger partial charge in [0.25, 0.3) is 0 Å². The van der Waals surface area contributed by atoms with Crippen molar-refractivity contribution >= 4 is 39.6 Å². The Hall–Kier alpha value is -2.69. The predicted molar refractivity (Wildman–Crippen MR) is 113 cm³/mol. The van der Waals surface area contributed by atoms with Crippen LogP contribution in [0, 0.1) is 5.82 Å². The number of pyridine rings is 1. The number of rotatable bonds is 4. The quantitative estimate of drug-likeness (QED) is 0.336. The van der Waals surface area contributed by atoms with E-state index in [2.05, 4.69) is 20.9 Å². The van der Waals surface area contributed by atoms with Gasteiger partial charge in [0.1, 0.15) is 16.1 Å². The summed E-state index contributed by atoms with van der Waals surface area (Å²) in [5, 5.41) is 0. The van der Waals surface area contributed by atoms with Gasteiger partial charge >= 0.3 is 12.2 Å². The summed E-state index contributed by atoms with van der Waals surface area (Å²) in [5.41, 5.74) is -0.699. The number of urea groups is 1. The van der Waals surface area contributed by atoms with Gasteiger partial charge in [-0.2, -0.15) is 13.2 Å². The molecule has 0 radical (unpaired) electrons. The minimum Gasteiger partial charge on any atom is -0.363 e. The van der Waals surface area contributed by atoms with Crippen molar-refractivity contribution in [3.05, 3.63) is 52.0 Å². The van der Waals surface area contributed by atoms with Crippen LogP contribution < -0.4 is 9.80 Å². The van der Waals surface area contributed by atoms with Gasteiger partial charge in [-0.3, -0.25) is 9.69 Å². The zero-order chi connectivity index (χ0) is 23.2. The Labute approximate surface area is 189 Å². The Kier molecular flexibility index (Phi) is 5.87. The highest BCUT2D eigenvalue weighted by Gasteiger charge is 2.47. The first-order valence-corrected chi connectivity index (χ1v) is 10.8. The van der Waals surface area contributed by atoms with Crippen molar-refractivity contribution in [1.29, 1.82) is 0 Å². The van der Waals surface area contributed by atoms with Crippen LogP contribution in [-0.4, -0.2) is 53.9 Å². The van der Waals surface area contributed by atoms with E-state index >= 15 is 0 Å². The number of alkyl halides is 3. The number of carbonyl (C=O) groups excluding carboxylic acids is 2. The van der Waals surface area contributed by atoms with Gasteiger partial charge in [-0.25, -0.2) is 14.2 Å². The van der Waals surface area contributed by atoms with Crippen molar-refractivity contribution in [2.75, 3.05) is 29.4 Å². The Morgan fingerprint density at radius 1 is 1.12 bits per heavy atom. The number of piperazine rings is 1. The molecule has 0 saturated carbocycles. The number of carbonyl (C=O) groups is 2. The van der Waals surface area contributed by atoms with Gasteiger partial charge < -0.3 is 9.80 Å². The number of nitrogens with zero attached hydrogens (tertiary/aromatic N) is 4. The number of aldehydes is 1. The van der Waals surface area contributed by atoms with Crippen LogP contribution in [0.1, 0.15) is 29.4 Å². The minimum absolute atomic E-state index is 0.0147. The molecule has 0 aliphatic carbocycles. The molecule has 2 atom stereocenters. The van der Waals surface area contributed by atoms with Gasteiger partial charge in [-0.05, 0) is 52.7 Å². The van der Waals surface area contributed by atoms with E-state index in [0.717, 1.165) is 17.0 Å². The molecule has 2 amide bonds. The van der Waals surface area contributed by atoms with Crippen LogP contribution in [0.2, 0.25) is 0 Å². The summed E-state index contributed by atoms with van der Waals surface area (Å²) in [7, 11) is 0. The lowest BCUT2D eigenvalue weighted by atomic mass is 10.0. The number of aromatic nitrogens is 1. The SMILES string of the molecule is CC[C@@H]1CN2C(=O)N(c3ccc(F)cc3C(F)(F)F)C[C@@H]2CN1c1ccc(Br)nc1C=O. The average Bonchev–Trinajstić information content (AvgIpc) is 3.07. The summed E-state index contributed by atoms with van der Waals surface area (Å²) in [5.74, 6) is -1.02. The molecule has 0 bridgehead atoms. The first kappa shape index (κ1) is 22.5. The summed E-state index contributed by atoms with van der Waals surface area (Å²) >= 11 is 3.24. The first-order chi connectivity index (χ1) is 15.1. The summed E-state index contributed by atoms with van der Waals surface area (Å²) in [6, 6.07) is 4.69. The lowest BCUT2D eigenvalue weighted by Crippen LogP contribution is -2.57. The molecule has 0 unspecified atom stereocenters. The molecule has 11 heteroatoms. The maximum atomic E-state index is 13.5. The molecular formula is C21H19BrF4N4O2. The van der Waals surface area contributed by atoms with Crippen molar-refractivity contribution in [2.24, 2.45) is 0 Å². The fourth-order valence-corrected chi connectivity index (χ4v) is 4.70. The zero-order valence-corrected chi connectivity index (χ0v) is 18.5. The molecule has 2 aliphatic rings. The maximum absolute atomic E-state index is 13.5. The number of fused-ring (bicyclic) bond motifs is 1. The fraction of sp³-hybridized carbons (Fsp3) is 0.381. The lowest BCUT2D eigenvalue weighted by Gasteiger charge is -2.44. The molecule has 32 heavy (non-hydrogen) atoms. The summed E-state index contributed by atoms with van der Waals surface area (Å²) in [6.07, 6.45) is -3.50. The molecule has 170 valence electrons. The third-order valence-electron chi connectivity index (χ3n) is 5.88. The van der Waals surface area contributed by atoms with Gasteiger partial charge in [0.15, 0.2) is 6.29 Å². The molecule has 6 nitrogen and oxygen atoms in total. The average molecular weight is 515 g/mol. The van der Waals surface area contributed by atoms with Gasteiger partial charge in [-0.1, -0.05) is 6.92 Å². The van der Waals surface area contributed by atoms with Crippen LogP contribution in [0.4, 0.5) is 33.7 Å². The Bertz CT molecular complexity index is 1060. The number of halogens is 5. The summed E-state index contributed by atoms with van der Waals surface area (Å²) in [4.78, 5) is 33.4. The summed E-state index contributed by atoms with van der Waals surface area (Å²) in [6.45, 7) is 2.56. The molecule has 0 spiro atoms. The van der Waals surface area contributed by atoms with Crippen LogP contribution in [0.3, 0.4) is 0 Å². The van der Waals surface area contributed by atoms with Crippen LogP contribution in [0.5, 0.6) is 0 Å². The standard InChI is InChI=1S/C21H19BrF4N4O2/c1-2-13-8-29-14(9-28(13)18-5-6-19(22)27-16(18)11-31)10-30(20(29)32)17-4-3-12(23)7-15(17)21(24,25)26/h3-7,11,13-14H,2,8-10H2,1H3/t13-,14+/m1/s1. The number of benzene rings is 1. The Balaban J connectivity index is 1.68. The van der Waals surface area contributed by atoms with Crippen LogP contribution in [0.15, 0.2) is 34.9 Å². The number of amides is 2. The molecule has 2 aliphatic heterocycles. The number of anilines is 2. The van der Waals surface area contributed by atoms with Crippen LogP contribution in [0.25, 0.3) is 0 Å². The van der Waals surface area contributed by atoms with E-state index in [0.29, 0.717) is 35.6 Å². The molecule has 2 fully saturated rings. The molecule has 1 aromatic heterocycles. The van der Waals surface area contributed by atoms with Crippen molar-refractivity contribution in [3.63, 3.8) is 0 Å². The van der Waals surface area contributed by atoms with Gasteiger partial charge in [0.05, 0.1) is 23.0 Å². The summed E-state index contributed by atoms with van der Waals surface area (Å²) < 4.78 is 54.6. The van der Waals surface area contributed by atoms with Crippen LogP contribution in [-0.2, 0) is 6.18 Å². The topological polar surface area (TPSA) is 56.8 Å². The van der Waals surface area contributed by atoms with Gasteiger partial charge in [-0.15, -0.1) is 0 Å². The molecule has 4 rings (SSSR count). The second kappa shape index (κ2) is 8.34. The molecule has 0 N–H and O–H groups in total. The highest BCUT2D eigenvalue weighted by molar-refractivity contribution is 9.10. The monoisotopic (exact) mass is 514 g/mol. The Morgan fingerprint density at radius 2 is 1.84 bits per heavy atom. The van der Waals surface area contributed by atoms with Crippen molar-refractivity contribution < 1.29 is 27.2 Å². The lowest BCUT2D eigenvalue weighted by molar-refractivity contribution is -0.137. The molecule has 3 heterocycles. The minimum atomic E-state index is -4.80. The van der Waals surface area contributed by atoms with Crippen LogP contribution >= 0.6 is 15.9 Å². The van der Waals surface area contributed by atoms with Crippen molar-refractivity contribution in [2.45, 2.75) is 31.6 Å². The second-order valence-corrected chi connectivity index (χ2v) is 8.54.